The van der Waals surface area contributed by atoms with Gasteiger partial charge in [-0.15, -0.1) is 0 Å². The molecule has 0 saturated heterocycles. The van der Waals surface area contributed by atoms with Gasteiger partial charge >= 0.3 is 0 Å². The SMILES string of the molecule is CNS(=O)(=O)c1ccccc1.Nc1ccc(Br)c(Cl)c1. The zero-order valence-corrected chi connectivity index (χ0v) is 13.8. The van der Waals surface area contributed by atoms with Crippen LogP contribution in [0.25, 0.3) is 0 Å². The minimum absolute atomic E-state index is 0.294. The molecule has 0 fully saturated rings. The van der Waals surface area contributed by atoms with Gasteiger partial charge in [-0.1, -0.05) is 29.8 Å². The Morgan fingerprint density at radius 1 is 1.15 bits per heavy atom. The maximum absolute atomic E-state index is 11.1. The first-order chi connectivity index (χ1) is 9.36. The summed E-state index contributed by atoms with van der Waals surface area (Å²) in [5.74, 6) is 0. The van der Waals surface area contributed by atoms with Crippen LogP contribution in [0.4, 0.5) is 5.69 Å². The van der Waals surface area contributed by atoms with Crippen molar-refractivity contribution in [2.45, 2.75) is 4.90 Å². The van der Waals surface area contributed by atoms with Crippen molar-refractivity contribution in [1.82, 2.24) is 4.72 Å². The molecule has 7 heteroatoms. The predicted molar refractivity (Wildman–Crippen MR) is 86.3 cm³/mol. The number of nitrogens with one attached hydrogen (secondary N) is 1. The Morgan fingerprint density at radius 2 is 1.75 bits per heavy atom. The van der Waals surface area contributed by atoms with Crippen LogP contribution < -0.4 is 10.5 Å². The molecule has 108 valence electrons. The van der Waals surface area contributed by atoms with Crippen molar-refractivity contribution < 1.29 is 8.42 Å². The molecule has 3 N–H and O–H groups in total. The second-order valence-corrected chi connectivity index (χ2v) is 6.84. The van der Waals surface area contributed by atoms with Crippen LogP contribution in [-0.2, 0) is 10.0 Å². The molecule has 0 atom stereocenters. The highest BCUT2D eigenvalue weighted by atomic mass is 79.9. The molecule has 0 amide bonds. The lowest BCUT2D eigenvalue weighted by Crippen LogP contribution is -2.18. The van der Waals surface area contributed by atoms with Gasteiger partial charge < -0.3 is 5.73 Å². The van der Waals surface area contributed by atoms with E-state index in [1.807, 2.05) is 6.07 Å². The van der Waals surface area contributed by atoms with E-state index in [9.17, 15) is 8.42 Å². The molecule has 2 aromatic rings. The van der Waals surface area contributed by atoms with E-state index in [1.54, 1.807) is 42.5 Å². The maximum atomic E-state index is 11.1. The normalized spacial score (nSPS) is 10.6. The number of rotatable bonds is 2. The second-order valence-electron chi connectivity index (χ2n) is 3.69. The summed E-state index contributed by atoms with van der Waals surface area (Å²) in [7, 11) is -1.86. The third-order valence-corrected chi connectivity index (χ3v) is 4.93. The number of halogens is 2. The lowest BCUT2D eigenvalue weighted by Gasteiger charge is -1.99. The summed E-state index contributed by atoms with van der Waals surface area (Å²) in [5, 5.41) is 0.648. The molecular weight excluding hydrogens is 364 g/mol. The summed E-state index contributed by atoms with van der Waals surface area (Å²) in [6.07, 6.45) is 0. The fourth-order valence-corrected chi connectivity index (χ4v) is 2.42. The molecule has 20 heavy (non-hydrogen) atoms. The lowest BCUT2D eigenvalue weighted by atomic mass is 10.3. The van der Waals surface area contributed by atoms with Gasteiger partial charge in [-0.3, -0.25) is 0 Å². The minimum atomic E-state index is -3.25. The van der Waals surface area contributed by atoms with E-state index >= 15 is 0 Å². The molecule has 0 aliphatic carbocycles. The molecule has 2 rings (SSSR count). The van der Waals surface area contributed by atoms with Gasteiger partial charge in [0.15, 0.2) is 0 Å². The van der Waals surface area contributed by atoms with Crippen molar-refractivity contribution in [3.63, 3.8) is 0 Å². The third-order valence-electron chi connectivity index (χ3n) is 2.27. The first kappa shape index (κ1) is 17.0. The van der Waals surface area contributed by atoms with Gasteiger partial charge in [0.1, 0.15) is 0 Å². The first-order valence-corrected chi connectivity index (χ1v) is 8.21. The van der Waals surface area contributed by atoms with Crippen LogP contribution in [0.3, 0.4) is 0 Å². The minimum Gasteiger partial charge on any atom is -0.399 e. The summed E-state index contributed by atoms with van der Waals surface area (Å²) >= 11 is 8.93. The van der Waals surface area contributed by atoms with E-state index in [-0.39, 0.29) is 0 Å². The van der Waals surface area contributed by atoms with Crippen molar-refractivity contribution in [1.29, 1.82) is 0 Å². The van der Waals surface area contributed by atoms with Gasteiger partial charge in [0.05, 0.1) is 9.92 Å². The van der Waals surface area contributed by atoms with Crippen LogP contribution in [-0.4, -0.2) is 15.5 Å². The smallest absolute Gasteiger partial charge is 0.240 e. The molecule has 0 heterocycles. The highest BCUT2D eigenvalue weighted by molar-refractivity contribution is 9.10. The predicted octanol–water partition coefficient (Wildman–Crippen LogP) is 3.28. The Morgan fingerprint density at radius 3 is 2.20 bits per heavy atom. The van der Waals surface area contributed by atoms with Crippen LogP contribution in [0.5, 0.6) is 0 Å². The fourth-order valence-electron chi connectivity index (χ4n) is 1.23. The van der Waals surface area contributed by atoms with Crippen LogP contribution in [0.2, 0.25) is 5.02 Å². The molecule has 0 spiro atoms. The highest BCUT2D eigenvalue weighted by Gasteiger charge is 2.08. The maximum Gasteiger partial charge on any atom is 0.240 e. The summed E-state index contributed by atoms with van der Waals surface area (Å²) in [5.41, 5.74) is 6.11. The van der Waals surface area contributed by atoms with Gasteiger partial charge in [0.25, 0.3) is 0 Å². The number of sulfonamides is 1. The van der Waals surface area contributed by atoms with Gasteiger partial charge in [-0.05, 0) is 53.3 Å². The first-order valence-electron chi connectivity index (χ1n) is 5.56. The zero-order valence-electron chi connectivity index (χ0n) is 10.7. The van der Waals surface area contributed by atoms with E-state index in [1.165, 1.54) is 7.05 Å². The zero-order chi connectivity index (χ0) is 15.2. The fraction of sp³-hybridized carbons (Fsp3) is 0.0769. The van der Waals surface area contributed by atoms with Gasteiger partial charge in [-0.2, -0.15) is 0 Å². The standard InChI is InChI=1S/C7H9NO2S.C6H5BrClN/c1-8-11(9,10)7-5-3-2-4-6-7;7-5-2-1-4(9)3-6(5)8/h2-6,8H,1H3;1-3H,9H2. The molecule has 4 nitrogen and oxygen atoms in total. The van der Waals surface area contributed by atoms with E-state index in [2.05, 4.69) is 20.7 Å². The number of nitrogens with two attached hydrogens (primary N) is 1. The highest BCUT2D eigenvalue weighted by Crippen LogP contribution is 2.23. The topological polar surface area (TPSA) is 72.2 Å². The largest absolute Gasteiger partial charge is 0.399 e. The number of hydrogen-bond donors (Lipinski definition) is 2. The summed E-state index contributed by atoms with van der Waals surface area (Å²) < 4.78 is 25.3. The molecule has 0 saturated carbocycles. The molecule has 2 aromatic carbocycles. The quantitative estimate of drug-likeness (QED) is 0.789. The van der Waals surface area contributed by atoms with Gasteiger partial charge in [0.2, 0.25) is 10.0 Å². The summed E-state index contributed by atoms with van der Waals surface area (Å²) in [6.45, 7) is 0. The summed E-state index contributed by atoms with van der Waals surface area (Å²) in [6, 6.07) is 13.5. The number of hydrogen-bond acceptors (Lipinski definition) is 3. The van der Waals surface area contributed by atoms with Crippen LogP contribution >= 0.6 is 27.5 Å². The molecule has 0 aliphatic heterocycles. The monoisotopic (exact) mass is 376 g/mol. The van der Waals surface area contributed by atoms with Crippen LogP contribution in [0.1, 0.15) is 0 Å². The van der Waals surface area contributed by atoms with E-state index in [0.29, 0.717) is 15.6 Å². The van der Waals surface area contributed by atoms with Crippen LogP contribution in [0, 0.1) is 0 Å². The molecule has 0 aromatic heterocycles. The average Bonchev–Trinajstić information content (AvgIpc) is 2.45. The van der Waals surface area contributed by atoms with Crippen LogP contribution in [0.15, 0.2) is 57.9 Å². The van der Waals surface area contributed by atoms with E-state index in [0.717, 1.165) is 4.47 Å². The molecule has 0 aliphatic rings. The lowest BCUT2D eigenvalue weighted by molar-refractivity contribution is 0.588. The molecular formula is C13H14BrClN2O2S. The Balaban J connectivity index is 0.000000204. The van der Waals surface area contributed by atoms with Crippen molar-refractivity contribution in [2.24, 2.45) is 0 Å². The Kier molecular flexibility index (Phi) is 6.48. The van der Waals surface area contributed by atoms with Gasteiger partial charge in [-0.25, -0.2) is 13.1 Å². The van der Waals surface area contributed by atoms with Crippen molar-refractivity contribution in [3.8, 4) is 0 Å². The number of benzene rings is 2. The molecule has 0 radical (unpaired) electrons. The molecule has 0 unspecified atom stereocenters. The number of anilines is 1. The van der Waals surface area contributed by atoms with Crippen molar-refractivity contribution in [2.75, 3.05) is 12.8 Å². The second kappa shape index (κ2) is 7.64. The average molecular weight is 378 g/mol. The Hall–Kier alpha value is -1.08. The Labute approximate surface area is 132 Å². The van der Waals surface area contributed by atoms with Crippen molar-refractivity contribution in [3.05, 3.63) is 58.0 Å². The van der Waals surface area contributed by atoms with E-state index < -0.39 is 10.0 Å². The summed E-state index contributed by atoms with van der Waals surface area (Å²) in [4.78, 5) is 0.294. The van der Waals surface area contributed by atoms with Gasteiger partial charge in [0, 0.05) is 10.2 Å². The third kappa shape index (κ3) is 5.13. The molecule has 0 bridgehead atoms. The van der Waals surface area contributed by atoms with Crippen molar-refractivity contribution >= 4 is 43.2 Å². The number of nitrogen functional groups attached to an aromatic ring is 1. The van der Waals surface area contributed by atoms with E-state index in [4.69, 9.17) is 17.3 Å². The Bertz CT molecular complexity index is 663.